The van der Waals surface area contributed by atoms with Gasteiger partial charge in [0.2, 0.25) is 0 Å². The molecule has 5 aromatic rings. The van der Waals surface area contributed by atoms with Crippen LogP contribution in [0.15, 0.2) is 60.9 Å². The highest BCUT2D eigenvalue weighted by atomic mass is 16.5. The van der Waals surface area contributed by atoms with Crippen LogP contribution in [0.2, 0.25) is 0 Å². The predicted octanol–water partition coefficient (Wildman–Crippen LogP) is 6.01. The molecule has 0 spiro atoms. The highest BCUT2D eigenvalue weighted by molar-refractivity contribution is 6.00. The summed E-state index contributed by atoms with van der Waals surface area (Å²) in [5.74, 6) is 1.29. The van der Waals surface area contributed by atoms with Gasteiger partial charge in [-0.3, -0.25) is 0 Å². The molecular weight excluding hydrogens is 410 g/mol. The van der Waals surface area contributed by atoms with Crippen LogP contribution in [0.1, 0.15) is 36.6 Å². The first-order valence-electron chi connectivity index (χ1n) is 11.1. The second-order valence-electron chi connectivity index (χ2n) is 8.79. The molecular formula is C27H27N5O. The summed E-state index contributed by atoms with van der Waals surface area (Å²) in [5, 5.41) is 7.83. The largest absolute Gasteiger partial charge is 0.489 e. The molecule has 6 heteroatoms. The van der Waals surface area contributed by atoms with E-state index < -0.39 is 0 Å². The quantitative estimate of drug-likeness (QED) is 0.364. The van der Waals surface area contributed by atoms with Gasteiger partial charge in [-0.1, -0.05) is 42.0 Å². The molecule has 0 unspecified atom stereocenters. The number of anilines is 1. The maximum absolute atomic E-state index is 6.22. The van der Waals surface area contributed by atoms with E-state index in [4.69, 9.17) is 15.6 Å². The molecule has 0 bridgehead atoms. The molecule has 2 N–H and O–H groups in total. The Morgan fingerprint density at radius 1 is 0.939 bits per heavy atom. The summed E-state index contributed by atoms with van der Waals surface area (Å²) in [5.41, 5.74) is 12.4. The SMILES string of the molecule is Cc1ccc(C)c(COc2ccc3cc(-c4nn(C(C)C)c5ncnc(N)c45)ccc3c2)c1. The van der Waals surface area contributed by atoms with Gasteiger partial charge in [0.1, 0.15) is 30.2 Å². The molecule has 166 valence electrons. The van der Waals surface area contributed by atoms with E-state index >= 15 is 0 Å². The molecule has 6 nitrogen and oxygen atoms in total. The van der Waals surface area contributed by atoms with Gasteiger partial charge in [-0.2, -0.15) is 5.10 Å². The van der Waals surface area contributed by atoms with Crippen LogP contribution in [0.4, 0.5) is 5.82 Å². The lowest BCUT2D eigenvalue weighted by Gasteiger charge is -2.11. The first kappa shape index (κ1) is 20.9. The number of aromatic nitrogens is 4. The van der Waals surface area contributed by atoms with Crippen molar-refractivity contribution >= 4 is 27.6 Å². The zero-order valence-corrected chi connectivity index (χ0v) is 19.3. The van der Waals surface area contributed by atoms with Gasteiger partial charge in [-0.25, -0.2) is 14.6 Å². The lowest BCUT2D eigenvalue weighted by molar-refractivity contribution is 0.306. The van der Waals surface area contributed by atoms with Crippen molar-refractivity contribution in [2.75, 3.05) is 5.73 Å². The van der Waals surface area contributed by atoms with Gasteiger partial charge in [0.15, 0.2) is 5.65 Å². The summed E-state index contributed by atoms with van der Waals surface area (Å²) in [4.78, 5) is 8.63. The Morgan fingerprint density at radius 2 is 1.73 bits per heavy atom. The van der Waals surface area contributed by atoms with Gasteiger partial charge in [0, 0.05) is 11.6 Å². The number of fused-ring (bicyclic) bond motifs is 2. The molecule has 33 heavy (non-hydrogen) atoms. The zero-order valence-electron chi connectivity index (χ0n) is 19.3. The van der Waals surface area contributed by atoms with Gasteiger partial charge in [-0.15, -0.1) is 0 Å². The average Bonchev–Trinajstić information content (AvgIpc) is 3.20. The van der Waals surface area contributed by atoms with E-state index in [-0.39, 0.29) is 6.04 Å². The molecule has 0 saturated heterocycles. The van der Waals surface area contributed by atoms with Crippen LogP contribution in [0.25, 0.3) is 33.1 Å². The van der Waals surface area contributed by atoms with E-state index in [1.54, 1.807) is 0 Å². The first-order chi connectivity index (χ1) is 15.9. The normalized spacial score (nSPS) is 11.5. The Labute approximate surface area is 193 Å². The third-order valence-corrected chi connectivity index (χ3v) is 5.99. The number of hydrogen-bond donors (Lipinski definition) is 1. The molecule has 0 radical (unpaired) electrons. The first-order valence-corrected chi connectivity index (χ1v) is 11.1. The second kappa shape index (κ2) is 8.20. The summed E-state index contributed by atoms with van der Waals surface area (Å²) >= 11 is 0. The van der Waals surface area contributed by atoms with Crippen molar-refractivity contribution in [3.05, 3.63) is 77.6 Å². The molecule has 2 aromatic heterocycles. The van der Waals surface area contributed by atoms with Crippen LogP contribution in [0, 0.1) is 13.8 Å². The third-order valence-electron chi connectivity index (χ3n) is 5.99. The van der Waals surface area contributed by atoms with E-state index in [9.17, 15) is 0 Å². The molecule has 0 atom stereocenters. The predicted molar refractivity (Wildman–Crippen MR) is 133 cm³/mol. The number of ether oxygens (including phenoxy) is 1. The molecule has 0 fully saturated rings. The number of hydrogen-bond acceptors (Lipinski definition) is 5. The van der Waals surface area contributed by atoms with Gasteiger partial charge >= 0.3 is 0 Å². The molecule has 0 aliphatic rings. The summed E-state index contributed by atoms with van der Waals surface area (Å²) in [6, 6.07) is 19.1. The average molecular weight is 438 g/mol. The summed E-state index contributed by atoms with van der Waals surface area (Å²) in [6.07, 6.45) is 1.49. The van der Waals surface area contributed by atoms with Crippen LogP contribution < -0.4 is 10.5 Å². The minimum atomic E-state index is 0.160. The topological polar surface area (TPSA) is 78.8 Å². The van der Waals surface area contributed by atoms with Gasteiger partial charge in [-0.05, 0) is 67.8 Å². The van der Waals surface area contributed by atoms with Crippen LogP contribution in [-0.4, -0.2) is 19.7 Å². The number of nitrogens with zero attached hydrogens (tertiary/aromatic N) is 4. The number of nitrogens with two attached hydrogens (primary N) is 1. The van der Waals surface area contributed by atoms with Crippen molar-refractivity contribution in [3.63, 3.8) is 0 Å². The van der Waals surface area contributed by atoms with E-state index in [0.717, 1.165) is 38.8 Å². The lowest BCUT2D eigenvalue weighted by atomic mass is 10.0. The maximum atomic E-state index is 6.22. The van der Waals surface area contributed by atoms with Crippen LogP contribution in [-0.2, 0) is 6.61 Å². The molecule has 0 aliphatic heterocycles. The highest BCUT2D eigenvalue weighted by Gasteiger charge is 2.18. The van der Waals surface area contributed by atoms with E-state index in [0.29, 0.717) is 12.4 Å². The Bertz CT molecular complexity index is 1490. The van der Waals surface area contributed by atoms with Crippen molar-refractivity contribution < 1.29 is 4.74 Å². The monoisotopic (exact) mass is 437 g/mol. The molecule has 5 rings (SSSR count). The Hall–Kier alpha value is -3.93. The van der Waals surface area contributed by atoms with Crippen molar-refractivity contribution in [1.29, 1.82) is 0 Å². The Balaban J connectivity index is 1.48. The van der Waals surface area contributed by atoms with Crippen molar-refractivity contribution in [2.24, 2.45) is 0 Å². The van der Waals surface area contributed by atoms with Crippen molar-refractivity contribution in [1.82, 2.24) is 19.7 Å². The summed E-state index contributed by atoms with van der Waals surface area (Å²) < 4.78 is 8.01. The van der Waals surface area contributed by atoms with E-state index in [1.807, 2.05) is 10.7 Å². The van der Waals surface area contributed by atoms with Gasteiger partial charge in [0.05, 0.1) is 5.39 Å². The van der Waals surface area contributed by atoms with Crippen molar-refractivity contribution in [2.45, 2.75) is 40.3 Å². The maximum Gasteiger partial charge on any atom is 0.164 e. The smallest absolute Gasteiger partial charge is 0.164 e. The number of rotatable bonds is 5. The van der Waals surface area contributed by atoms with Gasteiger partial charge < -0.3 is 10.5 Å². The molecule has 3 aromatic carbocycles. The van der Waals surface area contributed by atoms with E-state index in [2.05, 4.69) is 86.2 Å². The minimum Gasteiger partial charge on any atom is -0.489 e. The fraction of sp³-hybridized carbons (Fsp3) is 0.222. The van der Waals surface area contributed by atoms with Crippen molar-refractivity contribution in [3.8, 4) is 17.0 Å². The standard InChI is InChI=1S/C27H27N5O/c1-16(2)32-27-24(26(28)29-15-30-27)25(31-32)21-8-7-20-13-23(10-9-19(20)12-21)33-14-22-11-17(3)5-6-18(22)4/h5-13,15-16H,14H2,1-4H3,(H2,28,29,30). The van der Waals surface area contributed by atoms with Gasteiger partial charge in [0.25, 0.3) is 0 Å². The number of aryl methyl sites for hydroxylation is 2. The highest BCUT2D eigenvalue weighted by Crippen LogP contribution is 2.34. The number of benzene rings is 3. The molecule has 0 saturated carbocycles. The molecule has 2 heterocycles. The lowest BCUT2D eigenvalue weighted by Crippen LogP contribution is -2.04. The van der Waals surface area contributed by atoms with Crippen LogP contribution in [0.5, 0.6) is 5.75 Å². The Kier molecular flexibility index (Phi) is 5.21. The third kappa shape index (κ3) is 3.89. The fourth-order valence-electron chi connectivity index (χ4n) is 4.14. The van der Waals surface area contributed by atoms with Crippen LogP contribution >= 0.6 is 0 Å². The molecule has 0 amide bonds. The summed E-state index contributed by atoms with van der Waals surface area (Å²) in [7, 11) is 0. The molecule has 0 aliphatic carbocycles. The fourth-order valence-corrected chi connectivity index (χ4v) is 4.14. The minimum absolute atomic E-state index is 0.160. The summed E-state index contributed by atoms with van der Waals surface area (Å²) in [6.45, 7) is 8.92. The van der Waals surface area contributed by atoms with Crippen LogP contribution in [0.3, 0.4) is 0 Å². The Morgan fingerprint density at radius 3 is 2.55 bits per heavy atom. The second-order valence-corrected chi connectivity index (χ2v) is 8.79. The van der Waals surface area contributed by atoms with E-state index in [1.165, 1.54) is 23.0 Å². The zero-order chi connectivity index (χ0) is 23.1. The number of nitrogen functional groups attached to an aromatic ring is 1.